The van der Waals surface area contributed by atoms with Crippen LogP contribution in [0.15, 0.2) is 48.5 Å². The molecule has 1 fully saturated rings. The Bertz CT molecular complexity index is 906. The molecule has 0 spiro atoms. The number of amides is 2. The third-order valence-electron chi connectivity index (χ3n) is 4.85. The number of ether oxygens (including phenoxy) is 2. The first kappa shape index (κ1) is 21.4. The summed E-state index contributed by atoms with van der Waals surface area (Å²) < 4.78 is 10.3. The number of carbonyl (C=O) groups excluding carboxylic acids is 3. The number of para-hydroxylation sites is 1. The Morgan fingerprint density at radius 2 is 1.77 bits per heavy atom. The summed E-state index contributed by atoms with van der Waals surface area (Å²) in [4.78, 5) is 36.6. The molecule has 0 saturated heterocycles. The van der Waals surface area contributed by atoms with E-state index in [1.807, 2.05) is 19.1 Å². The molecule has 0 aliphatic heterocycles. The fourth-order valence-electron chi connectivity index (χ4n) is 3.34. The van der Waals surface area contributed by atoms with Gasteiger partial charge in [-0.15, -0.1) is 0 Å². The Hall–Kier alpha value is -3.35. The SMILES string of the molecule is Cc1cccc(OCC(=O)OCC(=O)Nc2ccccc2C(=O)NC2CCCC2)c1. The minimum Gasteiger partial charge on any atom is -0.482 e. The largest absolute Gasteiger partial charge is 0.482 e. The summed E-state index contributed by atoms with van der Waals surface area (Å²) in [5, 5.41) is 5.64. The predicted molar refractivity (Wildman–Crippen MR) is 112 cm³/mol. The molecule has 158 valence electrons. The summed E-state index contributed by atoms with van der Waals surface area (Å²) in [6.45, 7) is 1.16. The first-order chi connectivity index (χ1) is 14.5. The van der Waals surface area contributed by atoms with Gasteiger partial charge in [-0.3, -0.25) is 9.59 Å². The van der Waals surface area contributed by atoms with E-state index >= 15 is 0 Å². The molecule has 0 heterocycles. The Kier molecular flexibility index (Phi) is 7.43. The van der Waals surface area contributed by atoms with Gasteiger partial charge in [0.05, 0.1) is 11.3 Å². The molecule has 0 unspecified atom stereocenters. The Morgan fingerprint density at radius 1 is 1.00 bits per heavy atom. The van der Waals surface area contributed by atoms with Gasteiger partial charge in [0.2, 0.25) is 0 Å². The van der Waals surface area contributed by atoms with Crippen LogP contribution in [-0.2, 0) is 14.3 Å². The minimum atomic E-state index is -0.654. The molecular weight excluding hydrogens is 384 g/mol. The molecule has 0 bridgehead atoms. The van der Waals surface area contributed by atoms with Crippen molar-refractivity contribution in [1.82, 2.24) is 5.32 Å². The highest BCUT2D eigenvalue weighted by molar-refractivity contribution is 6.04. The van der Waals surface area contributed by atoms with Crippen molar-refractivity contribution in [2.24, 2.45) is 0 Å². The summed E-state index contributed by atoms with van der Waals surface area (Å²) in [5.41, 5.74) is 1.77. The maximum atomic E-state index is 12.5. The summed E-state index contributed by atoms with van der Waals surface area (Å²) in [6, 6.07) is 14.2. The van der Waals surface area contributed by atoms with Crippen LogP contribution in [0.25, 0.3) is 0 Å². The van der Waals surface area contributed by atoms with Crippen LogP contribution in [0.4, 0.5) is 5.69 Å². The Morgan fingerprint density at radius 3 is 2.53 bits per heavy atom. The average molecular weight is 410 g/mol. The lowest BCUT2D eigenvalue weighted by Gasteiger charge is -2.15. The van der Waals surface area contributed by atoms with Crippen LogP contribution < -0.4 is 15.4 Å². The van der Waals surface area contributed by atoms with Crippen LogP contribution in [0.5, 0.6) is 5.75 Å². The fourth-order valence-corrected chi connectivity index (χ4v) is 3.34. The number of benzene rings is 2. The number of aryl methyl sites for hydroxylation is 1. The third-order valence-corrected chi connectivity index (χ3v) is 4.85. The number of esters is 1. The number of hydrogen-bond acceptors (Lipinski definition) is 5. The third kappa shape index (κ3) is 6.34. The summed E-state index contributed by atoms with van der Waals surface area (Å²) in [6.07, 6.45) is 4.17. The van der Waals surface area contributed by atoms with Crippen molar-refractivity contribution in [3.8, 4) is 5.75 Å². The van der Waals surface area contributed by atoms with E-state index in [4.69, 9.17) is 9.47 Å². The van der Waals surface area contributed by atoms with Gasteiger partial charge in [0.15, 0.2) is 13.2 Å². The van der Waals surface area contributed by atoms with Crippen LogP contribution in [0, 0.1) is 6.92 Å². The van der Waals surface area contributed by atoms with Crippen LogP contribution in [-0.4, -0.2) is 37.0 Å². The zero-order valence-electron chi connectivity index (χ0n) is 17.0. The molecule has 2 aromatic carbocycles. The zero-order valence-corrected chi connectivity index (χ0v) is 17.0. The first-order valence-corrected chi connectivity index (χ1v) is 10.1. The summed E-state index contributed by atoms with van der Waals surface area (Å²) in [5.74, 6) is -0.848. The Labute approximate surface area is 175 Å². The highest BCUT2D eigenvalue weighted by atomic mass is 16.6. The lowest BCUT2D eigenvalue weighted by atomic mass is 10.1. The van der Waals surface area contributed by atoms with Gasteiger partial charge in [0.25, 0.3) is 11.8 Å². The molecule has 1 aliphatic carbocycles. The smallest absolute Gasteiger partial charge is 0.344 e. The minimum absolute atomic E-state index is 0.176. The second-order valence-corrected chi connectivity index (χ2v) is 7.31. The van der Waals surface area contributed by atoms with E-state index in [0.717, 1.165) is 31.2 Å². The molecule has 30 heavy (non-hydrogen) atoms. The molecule has 2 aromatic rings. The normalized spacial score (nSPS) is 13.5. The first-order valence-electron chi connectivity index (χ1n) is 10.1. The fraction of sp³-hybridized carbons (Fsp3) is 0.348. The van der Waals surface area contributed by atoms with E-state index in [1.54, 1.807) is 36.4 Å². The molecule has 3 rings (SSSR count). The molecule has 0 atom stereocenters. The maximum absolute atomic E-state index is 12.5. The van der Waals surface area contributed by atoms with E-state index < -0.39 is 18.5 Å². The quantitative estimate of drug-likeness (QED) is 0.652. The summed E-state index contributed by atoms with van der Waals surface area (Å²) >= 11 is 0. The lowest BCUT2D eigenvalue weighted by molar-refractivity contribution is -0.149. The van der Waals surface area contributed by atoms with Crippen molar-refractivity contribution in [3.63, 3.8) is 0 Å². The van der Waals surface area contributed by atoms with E-state index in [2.05, 4.69) is 10.6 Å². The van der Waals surface area contributed by atoms with Crippen molar-refractivity contribution >= 4 is 23.5 Å². The number of carbonyl (C=O) groups is 3. The number of rotatable bonds is 8. The van der Waals surface area contributed by atoms with Crippen molar-refractivity contribution < 1.29 is 23.9 Å². The van der Waals surface area contributed by atoms with E-state index in [-0.39, 0.29) is 18.6 Å². The van der Waals surface area contributed by atoms with Crippen molar-refractivity contribution in [2.75, 3.05) is 18.5 Å². The predicted octanol–water partition coefficient (Wildman–Crippen LogP) is 3.23. The molecule has 0 aromatic heterocycles. The standard InChI is InChI=1S/C23H26N2O5/c1-16-7-6-10-18(13-16)29-15-22(27)30-14-21(26)25-20-12-5-4-11-19(20)23(28)24-17-8-2-3-9-17/h4-7,10-13,17H,2-3,8-9,14-15H2,1H3,(H,24,28)(H,25,26). The van der Waals surface area contributed by atoms with Gasteiger partial charge >= 0.3 is 5.97 Å². The maximum Gasteiger partial charge on any atom is 0.344 e. The van der Waals surface area contributed by atoms with Crippen LogP contribution >= 0.6 is 0 Å². The second-order valence-electron chi connectivity index (χ2n) is 7.31. The van der Waals surface area contributed by atoms with Crippen molar-refractivity contribution in [1.29, 1.82) is 0 Å². The van der Waals surface area contributed by atoms with Gasteiger partial charge in [-0.1, -0.05) is 37.1 Å². The van der Waals surface area contributed by atoms with Gasteiger partial charge in [-0.05, 0) is 49.6 Å². The zero-order chi connectivity index (χ0) is 21.3. The van der Waals surface area contributed by atoms with Crippen LogP contribution in [0.2, 0.25) is 0 Å². The second kappa shape index (κ2) is 10.4. The van der Waals surface area contributed by atoms with Crippen LogP contribution in [0.3, 0.4) is 0 Å². The van der Waals surface area contributed by atoms with Gasteiger partial charge in [0.1, 0.15) is 5.75 Å². The number of anilines is 1. The van der Waals surface area contributed by atoms with Crippen molar-refractivity contribution in [2.45, 2.75) is 38.6 Å². The van der Waals surface area contributed by atoms with Crippen LogP contribution in [0.1, 0.15) is 41.6 Å². The molecule has 0 radical (unpaired) electrons. The van der Waals surface area contributed by atoms with Gasteiger partial charge in [-0.2, -0.15) is 0 Å². The van der Waals surface area contributed by atoms with Gasteiger partial charge < -0.3 is 20.1 Å². The molecule has 7 nitrogen and oxygen atoms in total. The van der Waals surface area contributed by atoms with Gasteiger partial charge in [0, 0.05) is 6.04 Å². The number of nitrogens with one attached hydrogen (secondary N) is 2. The topological polar surface area (TPSA) is 93.7 Å². The van der Waals surface area contributed by atoms with Gasteiger partial charge in [-0.25, -0.2) is 4.79 Å². The molecule has 2 amide bonds. The van der Waals surface area contributed by atoms with E-state index in [0.29, 0.717) is 17.0 Å². The highest BCUT2D eigenvalue weighted by Gasteiger charge is 2.20. The molecule has 1 saturated carbocycles. The molecular formula is C23H26N2O5. The average Bonchev–Trinajstić information content (AvgIpc) is 3.24. The monoisotopic (exact) mass is 410 g/mol. The number of hydrogen-bond donors (Lipinski definition) is 2. The summed E-state index contributed by atoms with van der Waals surface area (Å²) in [7, 11) is 0. The highest BCUT2D eigenvalue weighted by Crippen LogP contribution is 2.20. The molecule has 7 heteroatoms. The Balaban J connectivity index is 1.47. The van der Waals surface area contributed by atoms with E-state index in [1.165, 1.54) is 0 Å². The molecule has 2 N–H and O–H groups in total. The van der Waals surface area contributed by atoms with E-state index in [9.17, 15) is 14.4 Å². The van der Waals surface area contributed by atoms with Crippen molar-refractivity contribution in [3.05, 3.63) is 59.7 Å². The lowest BCUT2D eigenvalue weighted by Crippen LogP contribution is -2.33. The molecule has 1 aliphatic rings.